The highest BCUT2D eigenvalue weighted by Crippen LogP contribution is 2.30. The van der Waals surface area contributed by atoms with Gasteiger partial charge in [-0.2, -0.15) is 0 Å². The molecule has 4 nitrogen and oxygen atoms in total. The van der Waals surface area contributed by atoms with Crippen LogP contribution in [0.1, 0.15) is 28.3 Å². The Hall–Kier alpha value is -1.56. The highest BCUT2D eigenvalue weighted by Gasteiger charge is 2.11. The van der Waals surface area contributed by atoms with Crippen LogP contribution in [0.5, 0.6) is 11.5 Å². The Morgan fingerprint density at radius 2 is 2.05 bits per heavy atom. The normalized spacial score (nSPS) is 12.2. The van der Waals surface area contributed by atoms with Gasteiger partial charge < -0.3 is 19.9 Å². The van der Waals surface area contributed by atoms with E-state index in [1.54, 1.807) is 7.11 Å². The first-order valence-electron chi connectivity index (χ1n) is 7.34. The Balaban J connectivity index is 2.01. The van der Waals surface area contributed by atoms with Gasteiger partial charge in [-0.15, -0.1) is 11.3 Å². The van der Waals surface area contributed by atoms with Crippen molar-refractivity contribution in [1.82, 2.24) is 5.32 Å². The lowest BCUT2D eigenvalue weighted by atomic mass is 10.1. The number of ether oxygens (including phenoxy) is 2. The minimum Gasteiger partial charge on any atom is -0.493 e. The molecule has 0 aliphatic rings. The first kappa shape index (κ1) is 16.8. The molecule has 0 aliphatic carbocycles. The molecule has 0 bridgehead atoms. The number of rotatable bonds is 8. The Bertz CT molecular complexity index is 597. The third-order valence-electron chi connectivity index (χ3n) is 3.42. The topological polar surface area (TPSA) is 50.7 Å². The molecule has 0 amide bonds. The van der Waals surface area contributed by atoms with Gasteiger partial charge in [-0.05, 0) is 43.7 Å². The molecule has 120 valence electrons. The van der Waals surface area contributed by atoms with Gasteiger partial charge in [0.2, 0.25) is 0 Å². The molecular formula is C17H23NO3S. The lowest BCUT2D eigenvalue weighted by Gasteiger charge is -2.16. The number of hydrogen-bond donors (Lipinski definition) is 2. The second kappa shape index (κ2) is 8.17. The lowest BCUT2D eigenvalue weighted by molar-refractivity contribution is 0.196. The second-order valence-corrected chi connectivity index (χ2v) is 6.47. The van der Waals surface area contributed by atoms with Crippen LogP contribution in [0.3, 0.4) is 0 Å². The molecule has 1 aromatic heterocycles. The van der Waals surface area contributed by atoms with Crippen molar-refractivity contribution in [3.05, 3.63) is 45.6 Å². The first-order valence-corrected chi connectivity index (χ1v) is 8.16. The van der Waals surface area contributed by atoms with Gasteiger partial charge in [-0.25, -0.2) is 0 Å². The maximum Gasteiger partial charge on any atom is 0.161 e. The summed E-state index contributed by atoms with van der Waals surface area (Å²) in [5.74, 6) is 1.34. The van der Waals surface area contributed by atoms with Gasteiger partial charge in [0.25, 0.3) is 0 Å². The van der Waals surface area contributed by atoms with Crippen molar-refractivity contribution in [3.8, 4) is 11.5 Å². The van der Waals surface area contributed by atoms with Crippen LogP contribution in [0, 0.1) is 6.92 Å². The van der Waals surface area contributed by atoms with Crippen LogP contribution < -0.4 is 14.8 Å². The molecule has 0 saturated carbocycles. The van der Waals surface area contributed by atoms with Crippen LogP contribution in [0.2, 0.25) is 0 Å². The summed E-state index contributed by atoms with van der Waals surface area (Å²) in [6, 6.07) is 10.4. The predicted octanol–water partition coefficient (Wildman–Crippen LogP) is 3.29. The van der Waals surface area contributed by atoms with E-state index in [1.165, 1.54) is 9.75 Å². The molecule has 0 spiro atoms. The number of nitrogens with one attached hydrogen (secondary N) is 1. The monoisotopic (exact) mass is 321 g/mol. The van der Waals surface area contributed by atoms with E-state index in [4.69, 9.17) is 14.6 Å². The van der Waals surface area contributed by atoms with Crippen molar-refractivity contribution < 1.29 is 14.6 Å². The first-order chi connectivity index (χ1) is 10.6. The zero-order chi connectivity index (χ0) is 15.9. The number of thiophene rings is 1. The molecule has 1 unspecified atom stereocenters. The molecule has 1 aromatic carbocycles. The van der Waals surface area contributed by atoms with Gasteiger partial charge in [0, 0.05) is 22.3 Å². The summed E-state index contributed by atoms with van der Waals surface area (Å²) < 4.78 is 10.8. The number of aryl methyl sites for hydroxylation is 1. The summed E-state index contributed by atoms with van der Waals surface area (Å²) in [4.78, 5) is 2.66. The third kappa shape index (κ3) is 4.47. The van der Waals surface area contributed by atoms with Crippen molar-refractivity contribution in [3.63, 3.8) is 0 Å². The van der Waals surface area contributed by atoms with Gasteiger partial charge >= 0.3 is 0 Å². The standard InChI is InChI=1S/C17H23NO3S/c1-12-4-6-15(22-12)11-18-13(2)14-5-7-16(21-9-8-19)17(10-14)20-3/h4-7,10,13,18-19H,8-9,11H2,1-3H3. The number of methoxy groups -OCH3 is 1. The molecular weight excluding hydrogens is 298 g/mol. The van der Waals surface area contributed by atoms with E-state index in [1.807, 2.05) is 29.5 Å². The molecule has 0 fully saturated rings. The summed E-state index contributed by atoms with van der Waals surface area (Å²) in [7, 11) is 1.62. The average Bonchev–Trinajstić information content (AvgIpc) is 2.95. The van der Waals surface area contributed by atoms with Gasteiger partial charge in [-0.3, -0.25) is 0 Å². The van der Waals surface area contributed by atoms with Crippen LogP contribution in [0.15, 0.2) is 30.3 Å². The van der Waals surface area contributed by atoms with E-state index in [0.717, 1.165) is 12.1 Å². The summed E-state index contributed by atoms with van der Waals surface area (Å²) in [5, 5.41) is 12.4. The van der Waals surface area contributed by atoms with E-state index in [9.17, 15) is 0 Å². The van der Waals surface area contributed by atoms with Crippen LogP contribution in [0.25, 0.3) is 0 Å². The minimum absolute atomic E-state index is 0.0108. The summed E-state index contributed by atoms with van der Waals surface area (Å²) in [6.07, 6.45) is 0. The van der Waals surface area contributed by atoms with Gasteiger partial charge in [-0.1, -0.05) is 6.07 Å². The van der Waals surface area contributed by atoms with Crippen molar-refractivity contribution in [2.75, 3.05) is 20.3 Å². The molecule has 0 aliphatic heterocycles. The summed E-state index contributed by atoms with van der Waals surface area (Å²) in [5.41, 5.74) is 1.14. The Labute approximate surface area is 135 Å². The van der Waals surface area contributed by atoms with Crippen molar-refractivity contribution in [1.29, 1.82) is 0 Å². The van der Waals surface area contributed by atoms with E-state index in [0.29, 0.717) is 11.5 Å². The van der Waals surface area contributed by atoms with Crippen LogP contribution >= 0.6 is 11.3 Å². The lowest BCUT2D eigenvalue weighted by Crippen LogP contribution is -2.17. The summed E-state index contributed by atoms with van der Waals surface area (Å²) in [6.45, 7) is 5.35. The van der Waals surface area contributed by atoms with Gasteiger partial charge in [0.1, 0.15) is 6.61 Å². The van der Waals surface area contributed by atoms with Crippen molar-refractivity contribution in [2.24, 2.45) is 0 Å². The number of aliphatic hydroxyl groups excluding tert-OH is 1. The summed E-state index contributed by atoms with van der Waals surface area (Å²) >= 11 is 1.81. The molecule has 2 rings (SSSR count). The number of hydrogen-bond acceptors (Lipinski definition) is 5. The average molecular weight is 321 g/mol. The molecule has 1 heterocycles. The molecule has 2 N–H and O–H groups in total. The highest BCUT2D eigenvalue weighted by atomic mass is 32.1. The predicted molar refractivity (Wildman–Crippen MR) is 89.9 cm³/mol. The van der Waals surface area contributed by atoms with E-state index in [2.05, 4.69) is 31.3 Å². The third-order valence-corrected chi connectivity index (χ3v) is 4.42. The molecule has 22 heavy (non-hydrogen) atoms. The van der Waals surface area contributed by atoms with E-state index >= 15 is 0 Å². The quantitative estimate of drug-likeness (QED) is 0.783. The maximum atomic E-state index is 8.84. The fraction of sp³-hybridized carbons (Fsp3) is 0.412. The van der Waals surface area contributed by atoms with E-state index in [-0.39, 0.29) is 19.3 Å². The molecule has 1 atom stereocenters. The SMILES string of the molecule is COc1cc(C(C)NCc2ccc(C)s2)ccc1OCCO. The number of benzene rings is 1. The molecule has 5 heteroatoms. The van der Waals surface area contributed by atoms with Crippen molar-refractivity contribution in [2.45, 2.75) is 26.4 Å². The Morgan fingerprint density at radius 1 is 1.23 bits per heavy atom. The van der Waals surface area contributed by atoms with Crippen LogP contribution in [0.4, 0.5) is 0 Å². The van der Waals surface area contributed by atoms with Gasteiger partial charge in [0.05, 0.1) is 13.7 Å². The number of aliphatic hydroxyl groups is 1. The largest absolute Gasteiger partial charge is 0.493 e. The Kier molecular flexibility index (Phi) is 6.24. The van der Waals surface area contributed by atoms with Gasteiger partial charge in [0.15, 0.2) is 11.5 Å². The maximum absolute atomic E-state index is 8.84. The van der Waals surface area contributed by atoms with E-state index < -0.39 is 0 Å². The highest BCUT2D eigenvalue weighted by molar-refractivity contribution is 7.11. The zero-order valence-corrected chi connectivity index (χ0v) is 14.1. The fourth-order valence-corrected chi connectivity index (χ4v) is 3.02. The minimum atomic E-state index is -0.0108. The van der Waals surface area contributed by atoms with Crippen LogP contribution in [-0.4, -0.2) is 25.4 Å². The zero-order valence-electron chi connectivity index (χ0n) is 13.3. The molecule has 0 radical (unpaired) electrons. The van der Waals surface area contributed by atoms with Crippen LogP contribution in [-0.2, 0) is 6.54 Å². The van der Waals surface area contributed by atoms with Crippen molar-refractivity contribution >= 4 is 11.3 Å². The second-order valence-electron chi connectivity index (χ2n) is 5.10. The Morgan fingerprint density at radius 3 is 2.68 bits per heavy atom. The fourth-order valence-electron chi connectivity index (χ4n) is 2.18. The molecule has 0 saturated heterocycles. The smallest absolute Gasteiger partial charge is 0.161 e. The molecule has 2 aromatic rings.